The Balaban J connectivity index is 1.50. The molecule has 0 atom stereocenters. The molecule has 1 aliphatic rings. The summed E-state index contributed by atoms with van der Waals surface area (Å²) in [5, 5.41) is 5.42. The Morgan fingerprint density at radius 1 is 1.00 bits per heavy atom. The molecule has 6 nitrogen and oxygen atoms in total. The van der Waals surface area contributed by atoms with E-state index < -0.39 is 0 Å². The average Bonchev–Trinajstić information content (AvgIpc) is 2.71. The monoisotopic (exact) mass is 376 g/mol. The largest absolute Gasteiger partial charge is 0.335 e. The van der Waals surface area contributed by atoms with Crippen LogP contribution >= 0.6 is 0 Å². The van der Waals surface area contributed by atoms with Crippen LogP contribution in [-0.2, 0) is 13.6 Å². The molecule has 0 unspecified atom stereocenters. The van der Waals surface area contributed by atoms with Gasteiger partial charge >= 0.3 is 0 Å². The molecular formula is C22H24N4O2. The molecule has 0 aliphatic carbocycles. The first-order valence-corrected chi connectivity index (χ1v) is 9.56. The Morgan fingerprint density at radius 3 is 2.43 bits per heavy atom. The second-order valence-corrected chi connectivity index (χ2v) is 7.38. The van der Waals surface area contributed by atoms with Gasteiger partial charge in [-0.15, -0.1) is 0 Å². The van der Waals surface area contributed by atoms with Crippen LogP contribution in [0.3, 0.4) is 0 Å². The number of aryl methyl sites for hydroxylation is 2. The van der Waals surface area contributed by atoms with Crippen LogP contribution in [0.15, 0.2) is 53.3 Å². The molecule has 1 aliphatic heterocycles. The van der Waals surface area contributed by atoms with Crippen LogP contribution in [0.1, 0.15) is 21.6 Å². The number of carbonyl (C=O) groups is 1. The van der Waals surface area contributed by atoms with E-state index in [9.17, 15) is 9.59 Å². The van der Waals surface area contributed by atoms with Gasteiger partial charge in [0.25, 0.3) is 11.5 Å². The highest BCUT2D eigenvalue weighted by Crippen LogP contribution is 2.17. The van der Waals surface area contributed by atoms with Crippen LogP contribution < -0.4 is 5.56 Å². The minimum Gasteiger partial charge on any atom is -0.335 e. The topological polar surface area (TPSA) is 58.4 Å². The molecule has 1 aromatic heterocycles. The second kappa shape index (κ2) is 7.56. The third kappa shape index (κ3) is 3.55. The quantitative estimate of drug-likeness (QED) is 0.703. The lowest BCUT2D eigenvalue weighted by atomic mass is 10.1. The summed E-state index contributed by atoms with van der Waals surface area (Å²) in [6, 6.07) is 15.7. The number of amides is 1. The van der Waals surface area contributed by atoms with Crippen molar-refractivity contribution in [2.24, 2.45) is 7.05 Å². The van der Waals surface area contributed by atoms with Crippen molar-refractivity contribution in [2.75, 3.05) is 26.2 Å². The summed E-state index contributed by atoms with van der Waals surface area (Å²) in [7, 11) is 1.59. The molecule has 1 saturated heterocycles. The van der Waals surface area contributed by atoms with Crippen LogP contribution in [0.25, 0.3) is 10.8 Å². The SMILES string of the molecule is Cc1cccc(CN2CCN(C(=O)c3nn(C)c(=O)c4ccccc34)CC2)c1. The summed E-state index contributed by atoms with van der Waals surface area (Å²) in [5.41, 5.74) is 2.73. The number of piperazine rings is 1. The van der Waals surface area contributed by atoms with E-state index >= 15 is 0 Å². The van der Waals surface area contributed by atoms with Gasteiger partial charge in [-0.2, -0.15) is 5.10 Å². The summed E-state index contributed by atoms with van der Waals surface area (Å²) in [5.74, 6) is -0.109. The fraction of sp³-hybridized carbons (Fsp3) is 0.318. The van der Waals surface area contributed by atoms with Crippen molar-refractivity contribution in [2.45, 2.75) is 13.5 Å². The Hall–Kier alpha value is -2.99. The van der Waals surface area contributed by atoms with Gasteiger partial charge in [-0.25, -0.2) is 4.68 Å². The number of benzene rings is 2. The van der Waals surface area contributed by atoms with Gasteiger partial charge in [0.05, 0.1) is 5.39 Å². The van der Waals surface area contributed by atoms with E-state index in [0.29, 0.717) is 29.6 Å². The molecule has 2 heterocycles. The fourth-order valence-electron chi connectivity index (χ4n) is 3.79. The number of rotatable bonds is 3. The average molecular weight is 376 g/mol. The molecule has 6 heteroatoms. The lowest BCUT2D eigenvalue weighted by molar-refractivity contribution is 0.0622. The van der Waals surface area contributed by atoms with Gasteiger partial charge in [0.15, 0.2) is 5.69 Å². The Labute approximate surface area is 164 Å². The normalized spacial score (nSPS) is 15.1. The molecule has 0 bridgehead atoms. The molecule has 1 fully saturated rings. The summed E-state index contributed by atoms with van der Waals surface area (Å²) >= 11 is 0. The third-order valence-electron chi connectivity index (χ3n) is 5.31. The van der Waals surface area contributed by atoms with Crippen LogP contribution in [-0.4, -0.2) is 51.7 Å². The Morgan fingerprint density at radius 2 is 1.71 bits per heavy atom. The molecule has 2 aromatic carbocycles. The van der Waals surface area contributed by atoms with E-state index in [-0.39, 0.29) is 11.5 Å². The summed E-state index contributed by atoms with van der Waals surface area (Å²) < 4.78 is 1.25. The molecule has 0 saturated carbocycles. The molecule has 0 spiro atoms. The van der Waals surface area contributed by atoms with Gasteiger partial charge in [-0.05, 0) is 18.6 Å². The molecule has 0 radical (unpaired) electrons. The first-order chi connectivity index (χ1) is 13.5. The van der Waals surface area contributed by atoms with Crippen molar-refractivity contribution >= 4 is 16.7 Å². The van der Waals surface area contributed by atoms with E-state index in [1.807, 2.05) is 17.0 Å². The highest BCUT2D eigenvalue weighted by Gasteiger charge is 2.25. The van der Waals surface area contributed by atoms with Crippen LogP contribution in [0, 0.1) is 6.92 Å². The Bertz CT molecular complexity index is 1080. The van der Waals surface area contributed by atoms with Crippen LogP contribution in [0.4, 0.5) is 0 Å². The molecule has 4 rings (SSSR count). The lowest BCUT2D eigenvalue weighted by Gasteiger charge is -2.34. The van der Waals surface area contributed by atoms with Crippen molar-refractivity contribution in [1.29, 1.82) is 0 Å². The van der Waals surface area contributed by atoms with Gasteiger partial charge in [0.1, 0.15) is 0 Å². The number of fused-ring (bicyclic) bond motifs is 1. The maximum absolute atomic E-state index is 13.1. The molecular weight excluding hydrogens is 352 g/mol. The first-order valence-electron chi connectivity index (χ1n) is 9.56. The Kier molecular flexibility index (Phi) is 4.96. The zero-order valence-electron chi connectivity index (χ0n) is 16.3. The number of carbonyl (C=O) groups excluding carboxylic acids is 1. The van der Waals surface area contributed by atoms with Crippen molar-refractivity contribution < 1.29 is 4.79 Å². The van der Waals surface area contributed by atoms with Crippen LogP contribution in [0.2, 0.25) is 0 Å². The molecule has 144 valence electrons. The van der Waals surface area contributed by atoms with Gasteiger partial charge in [0, 0.05) is 45.2 Å². The van der Waals surface area contributed by atoms with Gasteiger partial charge in [0.2, 0.25) is 0 Å². The number of hydrogen-bond acceptors (Lipinski definition) is 4. The van der Waals surface area contributed by atoms with E-state index in [1.54, 1.807) is 19.2 Å². The molecule has 0 N–H and O–H groups in total. The maximum atomic E-state index is 13.1. The highest BCUT2D eigenvalue weighted by molar-refractivity contribution is 6.04. The zero-order valence-corrected chi connectivity index (χ0v) is 16.3. The van der Waals surface area contributed by atoms with E-state index in [2.05, 4.69) is 41.2 Å². The number of aromatic nitrogens is 2. The van der Waals surface area contributed by atoms with Gasteiger partial charge < -0.3 is 4.90 Å². The van der Waals surface area contributed by atoms with Gasteiger partial charge in [-0.1, -0.05) is 48.0 Å². The third-order valence-corrected chi connectivity index (χ3v) is 5.31. The minimum absolute atomic E-state index is 0.109. The molecule has 3 aromatic rings. The van der Waals surface area contributed by atoms with Gasteiger partial charge in [-0.3, -0.25) is 14.5 Å². The lowest BCUT2D eigenvalue weighted by Crippen LogP contribution is -2.48. The summed E-state index contributed by atoms with van der Waals surface area (Å²) in [6.07, 6.45) is 0. The first kappa shape index (κ1) is 18.4. The van der Waals surface area contributed by atoms with E-state index in [0.717, 1.165) is 19.6 Å². The molecule has 1 amide bonds. The summed E-state index contributed by atoms with van der Waals surface area (Å²) in [4.78, 5) is 29.6. The van der Waals surface area contributed by atoms with Crippen molar-refractivity contribution in [1.82, 2.24) is 19.6 Å². The van der Waals surface area contributed by atoms with Crippen molar-refractivity contribution in [3.8, 4) is 0 Å². The maximum Gasteiger partial charge on any atom is 0.275 e. The number of hydrogen-bond donors (Lipinski definition) is 0. The van der Waals surface area contributed by atoms with Crippen molar-refractivity contribution in [3.63, 3.8) is 0 Å². The number of nitrogens with zero attached hydrogens (tertiary/aromatic N) is 4. The van der Waals surface area contributed by atoms with Crippen molar-refractivity contribution in [3.05, 3.63) is 75.7 Å². The second-order valence-electron chi connectivity index (χ2n) is 7.38. The standard InChI is InChI=1S/C22H24N4O2/c1-16-6-5-7-17(14-16)15-25-10-12-26(13-11-25)22(28)20-18-8-3-4-9-19(18)21(27)24(2)23-20/h3-9,14H,10-13,15H2,1-2H3. The summed E-state index contributed by atoms with van der Waals surface area (Å²) in [6.45, 7) is 5.95. The predicted molar refractivity (Wildman–Crippen MR) is 109 cm³/mol. The predicted octanol–water partition coefficient (Wildman–Crippen LogP) is 2.20. The molecule has 28 heavy (non-hydrogen) atoms. The van der Waals surface area contributed by atoms with E-state index in [1.165, 1.54) is 15.8 Å². The highest BCUT2D eigenvalue weighted by atomic mass is 16.2. The fourth-order valence-corrected chi connectivity index (χ4v) is 3.79. The van der Waals surface area contributed by atoms with Crippen LogP contribution in [0.5, 0.6) is 0 Å². The zero-order chi connectivity index (χ0) is 19.7. The minimum atomic E-state index is -0.185. The van der Waals surface area contributed by atoms with E-state index in [4.69, 9.17) is 0 Å². The smallest absolute Gasteiger partial charge is 0.275 e.